The van der Waals surface area contributed by atoms with E-state index in [-0.39, 0.29) is 42.9 Å². The van der Waals surface area contributed by atoms with Crippen molar-refractivity contribution in [2.75, 3.05) is 20.1 Å². The van der Waals surface area contributed by atoms with Crippen molar-refractivity contribution in [3.8, 4) is 0 Å². The third kappa shape index (κ3) is 5.67. The summed E-state index contributed by atoms with van der Waals surface area (Å²) in [7, 11) is 1.86. The number of alkyl halides is 2. The van der Waals surface area contributed by atoms with Crippen LogP contribution in [0.3, 0.4) is 0 Å². The van der Waals surface area contributed by atoms with E-state index in [4.69, 9.17) is 4.98 Å². The second-order valence-corrected chi connectivity index (χ2v) is 13.3. The number of nitrogens with zero attached hydrogens (tertiary/aromatic N) is 4. The van der Waals surface area contributed by atoms with Crippen LogP contribution < -0.4 is 0 Å². The Balaban J connectivity index is 1.15. The van der Waals surface area contributed by atoms with Crippen LogP contribution in [-0.2, 0) is 10.2 Å². The number of aryl methyl sites for hydroxylation is 1. The third-order valence-electron chi connectivity index (χ3n) is 10.4. The molecule has 1 amide bonds. The quantitative estimate of drug-likeness (QED) is 0.293. The molecule has 1 saturated carbocycles. The minimum absolute atomic E-state index is 0.0199. The topological polar surface area (TPSA) is 41.4 Å². The van der Waals surface area contributed by atoms with Gasteiger partial charge in [-0.15, -0.1) is 0 Å². The molecule has 2 aromatic carbocycles. The van der Waals surface area contributed by atoms with Crippen LogP contribution in [0.25, 0.3) is 11.0 Å². The summed E-state index contributed by atoms with van der Waals surface area (Å²) >= 11 is 0. The molecule has 3 heterocycles. The lowest BCUT2D eigenvalue weighted by Crippen LogP contribution is -2.48. The fourth-order valence-corrected chi connectivity index (χ4v) is 8.18. The van der Waals surface area contributed by atoms with Crippen molar-refractivity contribution in [1.29, 1.82) is 0 Å². The number of rotatable bonds is 8. The fourth-order valence-electron chi connectivity index (χ4n) is 8.18. The summed E-state index contributed by atoms with van der Waals surface area (Å²) in [6, 6.07) is 20.6. The van der Waals surface area contributed by atoms with Gasteiger partial charge in [0.1, 0.15) is 5.82 Å². The zero-order valence-electron chi connectivity index (χ0n) is 24.7. The molecule has 0 spiro atoms. The molecule has 3 fully saturated rings. The minimum Gasteiger partial charge on any atom is -0.345 e. The van der Waals surface area contributed by atoms with Crippen LogP contribution in [0.4, 0.5) is 8.78 Å². The monoisotopic (exact) mass is 562 g/mol. The molecule has 2 aliphatic heterocycles. The Morgan fingerprint density at radius 1 is 0.976 bits per heavy atom. The van der Waals surface area contributed by atoms with Crippen molar-refractivity contribution in [2.24, 2.45) is 5.92 Å². The maximum atomic E-state index is 13.7. The van der Waals surface area contributed by atoms with Crippen LogP contribution in [0.15, 0.2) is 54.6 Å². The molecule has 41 heavy (non-hydrogen) atoms. The number of para-hydroxylation sites is 2. The van der Waals surface area contributed by atoms with E-state index in [1.54, 1.807) is 0 Å². The van der Waals surface area contributed by atoms with Gasteiger partial charge >= 0.3 is 0 Å². The smallest absolute Gasteiger partial charge is 0.248 e. The van der Waals surface area contributed by atoms with Crippen LogP contribution in [0, 0.1) is 12.8 Å². The van der Waals surface area contributed by atoms with Crippen molar-refractivity contribution >= 4 is 16.9 Å². The Morgan fingerprint density at radius 3 is 2.29 bits per heavy atom. The van der Waals surface area contributed by atoms with E-state index in [0.717, 1.165) is 37.1 Å². The first-order chi connectivity index (χ1) is 19.6. The summed E-state index contributed by atoms with van der Waals surface area (Å²) in [5.41, 5.74) is 3.34. The molecule has 0 N–H and O–H groups in total. The summed E-state index contributed by atoms with van der Waals surface area (Å²) in [6.07, 6.45) is 5.90. The van der Waals surface area contributed by atoms with Gasteiger partial charge in [0, 0.05) is 55.9 Å². The van der Waals surface area contributed by atoms with Gasteiger partial charge in [-0.2, -0.15) is 0 Å². The zero-order chi connectivity index (χ0) is 28.8. The number of hydrogen-bond donors (Lipinski definition) is 0. The van der Waals surface area contributed by atoms with Gasteiger partial charge in [0.05, 0.1) is 11.0 Å². The summed E-state index contributed by atoms with van der Waals surface area (Å²) < 4.78 is 30.0. The highest BCUT2D eigenvalue weighted by Crippen LogP contribution is 2.43. The van der Waals surface area contributed by atoms with Gasteiger partial charge in [-0.3, -0.25) is 9.69 Å². The molecule has 2 bridgehead atoms. The van der Waals surface area contributed by atoms with E-state index < -0.39 is 5.92 Å². The predicted octanol–water partition coefficient (Wildman–Crippen LogP) is 7.14. The zero-order valence-corrected chi connectivity index (χ0v) is 24.7. The number of likely N-dealkylation sites (N-methyl/N-ethyl adjacent to an activating group) is 1. The lowest BCUT2D eigenvalue weighted by molar-refractivity contribution is -0.139. The van der Waals surface area contributed by atoms with Gasteiger partial charge in [0.15, 0.2) is 0 Å². The molecule has 3 aliphatic rings. The minimum atomic E-state index is -2.62. The number of amides is 1. The Kier molecular flexibility index (Phi) is 7.68. The first kappa shape index (κ1) is 28.3. The van der Waals surface area contributed by atoms with Crippen molar-refractivity contribution in [3.05, 3.63) is 66.0 Å². The van der Waals surface area contributed by atoms with Gasteiger partial charge in [-0.05, 0) is 76.1 Å². The highest BCUT2D eigenvalue weighted by molar-refractivity contribution is 5.79. The van der Waals surface area contributed by atoms with Gasteiger partial charge < -0.3 is 9.47 Å². The summed E-state index contributed by atoms with van der Waals surface area (Å²) in [5, 5.41) is 0. The van der Waals surface area contributed by atoms with Crippen LogP contribution in [0.5, 0.6) is 0 Å². The molecule has 1 unspecified atom stereocenters. The molecule has 1 aliphatic carbocycles. The van der Waals surface area contributed by atoms with Crippen LogP contribution in [0.1, 0.15) is 82.1 Å². The van der Waals surface area contributed by atoms with Gasteiger partial charge in [-0.1, -0.05) is 49.4 Å². The lowest BCUT2D eigenvalue weighted by atomic mass is 9.78. The van der Waals surface area contributed by atoms with E-state index >= 15 is 0 Å². The summed E-state index contributed by atoms with van der Waals surface area (Å²) in [5.74, 6) is -1.79. The Labute approximate surface area is 242 Å². The third-order valence-corrected chi connectivity index (χ3v) is 10.4. The molecule has 2 saturated heterocycles. The molecule has 220 valence electrons. The average molecular weight is 563 g/mol. The second kappa shape index (κ2) is 11.1. The van der Waals surface area contributed by atoms with E-state index in [9.17, 15) is 13.6 Å². The number of imidazole rings is 1. The maximum absolute atomic E-state index is 13.7. The SMILES string of the molecule is Cc1nc2ccccc2n1[C@H]1C[C@H]2CC[C@@H](C1)N2CCC(C)(CN(C)C(=O)C1CCC(F)(F)CC1)c1ccccc1. The fraction of sp³-hybridized carbons (Fsp3) is 0.588. The molecule has 4 atom stereocenters. The Morgan fingerprint density at radius 2 is 1.61 bits per heavy atom. The molecule has 0 radical (unpaired) electrons. The molecule has 5 nitrogen and oxygen atoms in total. The van der Waals surface area contributed by atoms with Gasteiger partial charge in [0.2, 0.25) is 11.8 Å². The molecular formula is C34H44F2N4O. The first-order valence-corrected chi connectivity index (χ1v) is 15.5. The van der Waals surface area contributed by atoms with E-state index in [1.165, 1.54) is 23.9 Å². The van der Waals surface area contributed by atoms with Gasteiger partial charge in [0.25, 0.3) is 0 Å². The van der Waals surface area contributed by atoms with Crippen LogP contribution in [0.2, 0.25) is 0 Å². The maximum Gasteiger partial charge on any atom is 0.248 e. The van der Waals surface area contributed by atoms with E-state index in [0.29, 0.717) is 24.7 Å². The number of carbonyl (C=O) groups excluding carboxylic acids is 1. The molecular weight excluding hydrogens is 518 g/mol. The lowest BCUT2D eigenvalue weighted by Gasteiger charge is -2.43. The van der Waals surface area contributed by atoms with Crippen molar-refractivity contribution < 1.29 is 13.6 Å². The predicted molar refractivity (Wildman–Crippen MR) is 159 cm³/mol. The van der Waals surface area contributed by atoms with Crippen molar-refractivity contribution in [2.45, 2.75) is 101 Å². The normalized spacial score (nSPS) is 26.2. The second-order valence-electron chi connectivity index (χ2n) is 13.3. The van der Waals surface area contributed by atoms with Crippen LogP contribution in [-0.4, -0.2) is 63.4 Å². The molecule has 1 aromatic heterocycles. The number of halogens is 2. The highest BCUT2D eigenvalue weighted by Gasteiger charge is 2.43. The molecule has 6 rings (SSSR count). The first-order valence-electron chi connectivity index (χ1n) is 15.5. The number of piperidine rings is 1. The standard InChI is InChI=1S/C34H44F2N4O/c1-24-37-30-11-7-8-12-31(30)40(24)29-21-27-13-14-28(22-29)39(27)20-19-33(2,26-9-5-4-6-10-26)23-38(3)32(41)25-15-17-34(35,36)18-16-25/h4-12,25,27-29H,13-23H2,1-3H3/t27-,28+,29+,33?. The average Bonchev–Trinajstić information content (AvgIpc) is 3.42. The largest absolute Gasteiger partial charge is 0.345 e. The van der Waals surface area contributed by atoms with Crippen molar-refractivity contribution in [3.63, 3.8) is 0 Å². The highest BCUT2D eigenvalue weighted by atomic mass is 19.3. The number of hydrogen-bond acceptors (Lipinski definition) is 3. The van der Waals surface area contributed by atoms with Crippen molar-refractivity contribution in [1.82, 2.24) is 19.4 Å². The molecule has 3 aromatic rings. The van der Waals surface area contributed by atoms with E-state index in [2.05, 4.69) is 71.8 Å². The number of carbonyl (C=O) groups is 1. The molecule has 7 heteroatoms. The summed E-state index contributed by atoms with van der Waals surface area (Å²) in [6.45, 7) is 6.00. The number of fused-ring (bicyclic) bond motifs is 3. The Hall–Kier alpha value is -2.80. The number of benzene rings is 2. The van der Waals surface area contributed by atoms with Crippen LogP contribution >= 0.6 is 0 Å². The van der Waals surface area contributed by atoms with Gasteiger partial charge in [-0.25, -0.2) is 13.8 Å². The summed E-state index contributed by atoms with van der Waals surface area (Å²) in [4.78, 5) is 22.8. The Bertz CT molecular complexity index is 1350. The van der Waals surface area contributed by atoms with E-state index in [1.807, 2.05) is 18.0 Å². The number of aromatic nitrogens is 2.